The lowest BCUT2D eigenvalue weighted by Crippen LogP contribution is -2.07. The maximum Gasteiger partial charge on any atom is 0.339 e. The molecule has 0 heterocycles. The molecule has 0 fully saturated rings. The van der Waals surface area contributed by atoms with Gasteiger partial charge in [-0.15, -0.1) is 0 Å². The molecular weight excluding hydrogens is 327 g/mol. The molecule has 0 saturated carbocycles. The van der Waals surface area contributed by atoms with Crippen LogP contribution in [0, 0.1) is 0 Å². The third-order valence-corrected chi connectivity index (χ3v) is 3.26. The lowest BCUT2D eigenvalue weighted by Gasteiger charge is -2.11. The van der Waals surface area contributed by atoms with E-state index < -0.39 is 0 Å². The van der Waals surface area contributed by atoms with Crippen molar-refractivity contribution >= 4 is 28.6 Å². The second-order valence-corrected chi connectivity index (χ2v) is 4.63. The zero-order valence-corrected chi connectivity index (χ0v) is 11.2. The standard InChI is InChI=1S/C14H11IO2/c15-13(11-7-3-1-4-8-11)17-14(16)12-9-5-2-6-10-12/h1-10,13H. The third kappa shape index (κ3) is 3.30. The predicted octanol–water partition coefficient (Wildman–Crippen LogP) is 3.98. The van der Waals surface area contributed by atoms with Gasteiger partial charge in [0.15, 0.2) is 4.11 Å². The number of carbonyl (C=O) groups excluding carboxylic acids is 1. The summed E-state index contributed by atoms with van der Waals surface area (Å²) in [5.74, 6) is -0.297. The van der Waals surface area contributed by atoms with Gasteiger partial charge in [-0.25, -0.2) is 4.79 Å². The van der Waals surface area contributed by atoms with Crippen LogP contribution in [0.3, 0.4) is 0 Å². The maximum atomic E-state index is 11.8. The van der Waals surface area contributed by atoms with Gasteiger partial charge in [0.25, 0.3) is 0 Å². The van der Waals surface area contributed by atoms with Crippen molar-refractivity contribution in [2.75, 3.05) is 0 Å². The summed E-state index contributed by atoms with van der Waals surface area (Å²) in [6.45, 7) is 0. The normalized spacial score (nSPS) is 11.8. The Morgan fingerprint density at radius 3 is 2.06 bits per heavy atom. The zero-order valence-electron chi connectivity index (χ0n) is 9.05. The van der Waals surface area contributed by atoms with Gasteiger partial charge in [-0.3, -0.25) is 0 Å². The van der Waals surface area contributed by atoms with Crippen molar-refractivity contribution in [1.82, 2.24) is 0 Å². The number of halogens is 1. The molecule has 0 aliphatic heterocycles. The van der Waals surface area contributed by atoms with E-state index in [1.54, 1.807) is 12.1 Å². The SMILES string of the molecule is O=C(OC(I)c1ccccc1)c1ccccc1. The number of hydrogen-bond donors (Lipinski definition) is 0. The van der Waals surface area contributed by atoms with Gasteiger partial charge < -0.3 is 4.74 Å². The molecule has 0 N–H and O–H groups in total. The molecular formula is C14H11IO2. The van der Waals surface area contributed by atoms with E-state index in [0.717, 1.165) is 5.56 Å². The van der Waals surface area contributed by atoms with E-state index in [1.165, 1.54) is 0 Å². The van der Waals surface area contributed by atoms with Gasteiger partial charge in [0, 0.05) is 5.56 Å². The summed E-state index contributed by atoms with van der Waals surface area (Å²) in [6.07, 6.45) is 0. The lowest BCUT2D eigenvalue weighted by molar-refractivity contribution is 0.0480. The monoisotopic (exact) mass is 338 g/mol. The highest BCUT2D eigenvalue weighted by Crippen LogP contribution is 2.25. The number of benzene rings is 2. The Kier molecular flexibility index (Phi) is 4.14. The van der Waals surface area contributed by atoms with E-state index in [2.05, 4.69) is 22.6 Å². The van der Waals surface area contributed by atoms with Crippen LogP contribution in [0.25, 0.3) is 0 Å². The molecule has 0 spiro atoms. The molecule has 0 amide bonds. The minimum Gasteiger partial charge on any atom is -0.443 e. The Morgan fingerprint density at radius 1 is 0.941 bits per heavy atom. The minimum absolute atomic E-state index is 0.262. The molecule has 0 aliphatic carbocycles. The number of esters is 1. The number of ether oxygens (including phenoxy) is 1. The Labute approximate surface area is 114 Å². The Hall–Kier alpha value is -1.36. The van der Waals surface area contributed by atoms with Crippen LogP contribution in [0.2, 0.25) is 0 Å². The predicted molar refractivity (Wildman–Crippen MR) is 75.1 cm³/mol. The van der Waals surface area contributed by atoms with Crippen LogP contribution in [0.15, 0.2) is 60.7 Å². The molecule has 17 heavy (non-hydrogen) atoms. The van der Waals surface area contributed by atoms with E-state index in [9.17, 15) is 4.79 Å². The first kappa shape index (κ1) is 12.1. The van der Waals surface area contributed by atoms with Crippen molar-refractivity contribution in [2.24, 2.45) is 0 Å². The molecule has 0 saturated heterocycles. The average Bonchev–Trinajstić information content (AvgIpc) is 2.40. The van der Waals surface area contributed by atoms with Gasteiger partial charge in [0.05, 0.1) is 5.56 Å². The number of alkyl halides is 1. The van der Waals surface area contributed by atoms with Crippen LogP contribution in [-0.2, 0) is 4.74 Å². The first-order valence-corrected chi connectivity index (χ1v) is 6.47. The molecule has 2 aromatic carbocycles. The van der Waals surface area contributed by atoms with Crippen molar-refractivity contribution in [3.8, 4) is 0 Å². The van der Waals surface area contributed by atoms with Crippen molar-refractivity contribution in [2.45, 2.75) is 4.11 Å². The van der Waals surface area contributed by atoms with Gasteiger partial charge >= 0.3 is 5.97 Å². The fourth-order valence-electron chi connectivity index (χ4n) is 1.41. The van der Waals surface area contributed by atoms with Crippen LogP contribution < -0.4 is 0 Å². The van der Waals surface area contributed by atoms with Crippen LogP contribution in [0.5, 0.6) is 0 Å². The maximum absolute atomic E-state index is 11.8. The first-order chi connectivity index (χ1) is 8.27. The molecule has 86 valence electrons. The van der Waals surface area contributed by atoms with Crippen LogP contribution in [0.4, 0.5) is 0 Å². The van der Waals surface area contributed by atoms with Crippen molar-refractivity contribution in [3.63, 3.8) is 0 Å². The van der Waals surface area contributed by atoms with Gasteiger partial charge in [-0.2, -0.15) is 0 Å². The third-order valence-electron chi connectivity index (χ3n) is 2.28. The summed E-state index contributed by atoms with van der Waals surface area (Å²) < 4.78 is 5.11. The van der Waals surface area contributed by atoms with Crippen molar-refractivity contribution in [3.05, 3.63) is 71.8 Å². The van der Waals surface area contributed by atoms with E-state index in [-0.39, 0.29) is 10.1 Å². The quantitative estimate of drug-likeness (QED) is 0.481. The van der Waals surface area contributed by atoms with Crippen molar-refractivity contribution < 1.29 is 9.53 Å². The smallest absolute Gasteiger partial charge is 0.339 e. The van der Waals surface area contributed by atoms with Gasteiger partial charge in [0.2, 0.25) is 0 Å². The van der Waals surface area contributed by atoms with Gasteiger partial charge in [-0.1, -0.05) is 48.5 Å². The summed E-state index contributed by atoms with van der Waals surface area (Å²) in [4.78, 5) is 11.8. The molecule has 1 unspecified atom stereocenters. The summed E-state index contributed by atoms with van der Waals surface area (Å²) >= 11 is 2.11. The fraction of sp³-hybridized carbons (Fsp3) is 0.0714. The highest BCUT2D eigenvalue weighted by atomic mass is 127. The molecule has 2 rings (SSSR count). The average molecular weight is 338 g/mol. The molecule has 0 aromatic heterocycles. The van der Waals surface area contributed by atoms with Gasteiger partial charge in [0.1, 0.15) is 0 Å². The molecule has 0 bridgehead atoms. The second kappa shape index (κ2) is 5.82. The largest absolute Gasteiger partial charge is 0.443 e. The van der Waals surface area contributed by atoms with Crippen LogP contribution in [-0.4, -0.2) is 5.97 Å². The molecule has 0 radical (unpaired) electrons. The molecule has 1 atom stereocenters. The minimum atomic E-state index is -0.297. The number of hydrogen-bond acceptors (Lipinski definition) is 2. The Balaban J connectivity index is 2.05. The fourth-order valence-corrected chi connectivity index (χ4v) is 2.05. The highest BCUT2D eigenvalue weighted by molar-refractivity contribution is 14.1. The zero-order chi connectivity index (χ0) is 12.1. The molecule has 2 nitrogen and oxygen atoms in total. The first-order valence-electron chi connectivity index (χ1n) is 5.22. The highest BCUT2D eigenvalue weighted by Gasteiger charge is 2.13. The van der Waals surface area contributed by atoms with Crippen LogP contribution >= 0.6 is 22.6 Å². The number of carbonyl (C=O) groups is 1. The number of rotatable bonds is 3. The van der Waals surface area contributed by atoms with E-state index in [4.69, 9.17) is 4.74 Å². The van der Waals surface area contributed by atoms with Crippen molar-refractivity contribution in [1.29, 1.82) is 0 Å². The molecule has 0 aliphatic rings. The topological polar surface area (TPSA) is 26.3 Å². The molecule has 3 heteroatoms. The second-order valence-electron chi connectivity index (χ2n) is 3.50. The Morgan fingerprint density at radius 2 is 1.47 bits per heavy atom. The van der Waals surface area contributed by atoms with Crippen LogP contribution in [0.1, 0.15) is 20.0 Å². The summed E-state index contributed by atoms with van der Waals surface area (Å²) in [7, 11) is 0. The van der Waals surface area contributed by atoms with E-state index in [1.807, 2.05) is 48.5 Å². The van der Waals surface area contributed by atoms with E-state index in [0.29, 0.717) is 5.56 Å². The van der Waals surface area contributed by atoms with E-state index >= 15 is 0 Å². The summed E-state index contributed by atoms with van der Waals surface area (Å²) in [6, 6.07) is 18.7. The molecule has 2 aromatic rings. The Bertz CT molecular complexity index is 482. The summed E-state index contributed by atoms with van der Waals surface area (Å²) in [5, 5.41) is 0. The van der Waals surface area contributed by atoms with Gasteiger partial charge in [-0.05, 0) is 34.7 Å². The summed E-state index contributed by atoms with van der Waals surface area (Å²) in [5.41, 5.74) is 1.56. The lowest BCUT2D eigenvalue weighted by atomic mass is 10.2.